The second kappa shape index (κ2) is 6.72. The van der Waals surface area contributed by atoms with Crippen molar-refractivity contribution < 1.29 is 18.3 Å². The van der Waals surface area contributed by atoms with Crippen molar-refractivity contribution in [2.24, 2.45) is 0 Å². The van der Waals surface area contributed by atoms with E-state index in [1.54, 1.807) is 19.0 Å². The van der Waals surface area contributed by atoms with Crippen LogP contribution >= 0.6 is 0 Å². The Kier molecular flexibility index (Phi) is 5.24. The number of alkyl halides is 3. The number of halogens is 3. The Morgan fingerprint density at radius 3 is 2.17 bits per heavy atom. The van der Waals surface area contributed by atoms with Gasteiger partial charge in [0.15, 0.2) is 5.69 Å². The Hall–Kier alpha value is -1.61. The number of piperazine rings is 1. The molecule has 0 atom stereocenters. The normalized spacial score (nSPS) is 17.2. The van der Waals surface area contributed by atoms with E-state index in [1.165, 1.54) is 4.90 Å². The molecule has 0 spiro atoms. The molecule has 1 N–H and O–H groups in total. The van der Waals surface area contributed by atoms with Crippen molar-refractivity contribution in [2.75, 3.05) is 56.7 Å². The quantitative estimate of drug-likeness (QED) is 0.890. The first-order valence-corrected chi connectivity index (χ1v) is 7.79. The average molecular weight is 347 g/mol. The highest BCUT2D eigenvalue weighted by atomic mass is 19.4. The summed E-state index contributed by atoms with van der Waals surface area (Å²) in [6, 6.07) is 0.953. The first-order valence-electron chi connectivity index (χ1n) is 7.79. The third kappa shape index (κ3) is 4.07. The van der Waals surface area contributed by atoms with Crippen LogP contribution in [0.2, 0.25) is 0 Å². The van der Waals surface area contributed by atoms with Crippen molar-refractivity contribution in [3.05, 3.63) is 11.8 Å². The topological polar surface area (TPSA) is 55.7 Å². The van der Waals surface area contributed by atoms with Crippen LogP contribution in [-0.4, -0.2) is 72.4 Å². The second-order valence-corrected chi connectivity index (χ2v) is 6.75. The monoisotopic (exact) mass is 347 g/mol. The molecule has 0 saturated carbocycles. The molecule has 1 aromatic heterocycles. The molecule has 0 radical (unpaired) electrons. The molecule has 0 unspecified atom stereocenters. The van der Waals surface area contributed by atoms with E-state index in [0.717, 1.165) is 6.07 Å². The summed E-state index contributed by atoms with van der Waals surface area (Å²) in [4.78, 5) is 13.4. The lowest BCUT2D eigenvalue weighted by atomic mass is 10.0. The molecule has 0 amide bonds. The zero-order chi connectivity index (χ0) is 18.1. The number of aliphatic hydroxyl groups excluding tert-OH is 1. The van der Waals surface area contributed by atoms with E-state index >= 15 is 0 Å². The van der Waals surface area contributed by atoms with Gasteiger partial charge in [0, 0.05) is 51.9 Å². The summed E-state index contributed by atoms with van der Waals surface area (Å²) in [7, 11) is 3.29. The Balaban J connectivity index is 2.22. The minimum absolute atomic E-state index is 0.0256. The van der Waals surface area contributed by atoms with Gasteiger partial charge in [0.2, 0.25) is 5.95 Å². The fraction of sp³-hybridized carbons (Fsp3) is 0.733. The van der Waals surface area contributed by atoms with Crippen molar-refractivity contribution >= 4 is 11.8 Å². The summed E-state index contributed by atoms with van der Waals surface area (Å²) in [5.74, 6) is 0.320. The number of nitrogens with zero attached hydrogens (tertiary/aromatic N) is 5. The van der Waals surface area contributed by atoms with Gasteiger partial charge in [0.1, 0.15) is 5.82 Å². The summed E-state index contributed by atoms with van der Waals surface area (Å²) < 4.78 is 39.2. The molecule has 1 fully saturated rings. The van der Waals surface area contributed by atoms with Crippen LogP contribution in [0.4, 0.5) is 24.9 Å². The van der Waals surface area contributed by atoms with Gasteiger partial charge in [0.05, 0.1) is 6.61 Å². The molecule has 0 bridgehead atoms. The molecule has 1 saturated heterocycles. The van der Waals surface area contributed by atoms with Gasteiger partial charge >= 0.3 is 6.18 Å². The lowest BCUT2D eigenvalue weighted by molar-refractivity contribution is -0.141. The maximum atomic E-state index is 13.1. The van der Waals surface area contributed by atoms with E-state index < -0.39 is 11.9 Å². The van der Waals surface area contributed by atoms with E-state index in [1.807, 2.05) is 13.8 Å². The van der Waals surface area contributed by atoms with Gasteiger partial charge in [-0.2, -0.15) is 18.2 Å². The smallest absolute Gasteiger partial charge is 0.394 e. The number of rotatable bonds is 4. The van der Waals surface area contributed by atoms with Crippen molar-refractivity contribution in [2.45, 2.75) is 25.6 Å². The molecule has 136 valence electrons. The molecule has 1 aliphatic heterocycles. The molecule has 9 heteroatoms. The molecule has 1 aliphatic rings. The predicted molar refractivity (Wildman–Crippen MR) is 86.3 cm³/mol. The molecule has 2 rings (SSSR count). The largest absolute Gasteiger partial charge is 0.433 e. The number of anilines is 2. The van der Waals surface area contributed by atoms with Gasteiger partial charge in [-0.3, -0.25) is 4.90 Å². The molecular formula is C15H24F3N5O. The van der Waals surface area contributed by atoms with Crippen LogP contribution in [0.5, 0.6) is 0 Å². The Labute approximate surface area is 139 Å². The van der Waals surface area contributed by atoms with Crippen LogP contribution in [0.15, 0.2) is 6.07 Å². The van der Waals surface area contributed by atoms with E-state index in [0.29, 0.717) is 26.2 Å². The van der Waals surface area contributed by atoms with Gasteiger partial charge in [-0.15, -0.1) is 0 Å². The third-order valence-electron chi connectivity index (χ3n) is 4.25. The van der Waals surface area contributed by atoms with Crippen LogP contribution in [0.1, 0.15) is 19.5 Å². The van der Waals surface area contributed by atoms with Crippen molar-refractivity contribution in [3.63, 3.8) is 0 Å². The SMILES string of the molecule is CN(C)c1cc(C(F)(F)F)nc(N2CCN(C(C)(C)CO)CC2)n1. The highest BCUT2D eigenvalue weighted by Crippen LogP contribution is 2.31. The first kappa shape index (κ1) is 18.7. The first-order chi connectivity index (χ1) is 11.0. The van der Waals surface area contributed by atoms with Gasteiger partial charge in [-0.05, 0) is 13.8 Å². The summed E-state index contributed by atoms with van der Waals surface area (Å²) >= 11 is 0. The number of aromatic nitrogens is 2. The van der Waals surface area contributed by atoms with Crippen LogP contribution in [0.25, 0.3) is 0 Å². The van der Waals surface area contributed by atoms with Gasteiger partial charge in [0.25, 0.3) is 0 Å². The van der Waals surface area contributed by atoms with Gasteiger partial charge in [-0.25, -0.2) is 4.98 Å². The number of aliphatic hydroxyl groups is 1. The molecule has 2 heterocycles. The molecule has 24 heavy (non-hydrogen) atoms. The Morgan fingerprint density at radius 1 is 1.12 bits per heavy atom. The van der Waals surface area contributed by atoms with Crippen LogP contribution < -0.4 is 9.80 Å². The molecule has 0 aliphatic carbocycles. The van der Waals surface area contributed by atoms with E-state index in [2.05, 4.69) is 14.9 Å². The Morgan fingerprint density at radius 2 is 1.71 bits per heavy atom. The maximum absolute atomic E-state index is 13.1. The fourth-order valence-electron chi connectivity index (χ4n) is 2.55. The molecular weight excluding hydrogens is 323 g/mol. The van der Waals surface area contributed by atoms with Crippen LogP contribution in [0, 0.1) is 0 Å². The number of hydrogen-bond donors (Lipinski definition) is 1. The predicted octanol–water partition coefficient (Wildman–Crippen LogP) is 1.45. The van der Waals surface area contributed by atoms with E-state index in [4.69, 9.17) is 0 Å². The lowest BCUT2D eigenvalue weighted by Gasteiger charge is -2.43. The highest BCUT2D eigenvalue weighted by molar-refractivity contribution is 5.46. The summed E-state index contributed by atoms with van der Waals surface area (Å²) in [5.41, 5.74) is -1.29. The summed E-state index contributed by atoms with van der Waals surface area (Å²) in [6.45, 7) is 6.18. The van der Waals surface area contributed by atoms with E-state index in [-0.39, 0.29) is 23.9 Å². The summed E-state index contributed by atoms with van der Waals surface area (Å²) in [6.07, 6.45) is -4.51. The standard InChI is InChI=1S/C15H24F3N5O/c1-14(2,10-24)23-7-5-22(6-8-23)13-19-11(15(16,17)18)9-12(20-13)21(3)4/h9,24H,5-8,10H2,1-4H3. The van der Waals surface area contributed by atoms with Crippen molar-refractivity contribution in [3.8, 4) is 0 Å². The molecule has 0 aromatic carbocycles. The average Bonchev–Trinajstić information content (AvgIpc) is 2.53. The van der Waals surface area contributed by atoms with Gasteiger partial charge in [-0.1, -0.05) is 0 Å². The zero-order valence-corrected chi connectivity index (χ0v) is 14.4. The fourth-order valence-corrected chi connectivity index (χ4v) is 2.55. The molecule has 1 aromatic rings. The van der Waals surface area contributed by atoms with Gasteiger partial charge < -0.3 is 14.9 Å². The second-order valence-electron chi connectivity index (χ2n) is 6.75. The Bertz CT molecular complexity index is 569. The third-order valence-corrected chi connectivity index (χ3v) is 4.25. The summed E-state index contributed by atoms with van der Waals surface area (Å²) in [5, 5.41) is 9.44. The maximum Gasteiger partial charge on any atom is 0.433 e. The van der Waals surface area contributed by atoms with Crippen LogP contribution in [-0.2, 0) is 6.18 Å². The van der Waals surface area contributed by atoms with Crippen molar-refractivity contribution in [1.29, 1.82) is 0 Å². The lowest BCUT2D eigenvalue weighted by Crippen LogP contribution is -2.56. The molecule has 6 nitrogen and oxygen atoms in total. The highest BCUT2D eigenvalue weighted by Gasteiger charge is 2.35. The van der Waals surface area contributed by atoms with Crippen LogP contribution in [0.3, 0.4) is 0 Å². The number of hydrogen-bond acceptors (Lipinski definition) is 6. The minimum Gasteiger partial charge on any atom is -0.394 e. The van der Waals surface area contributed by atoms with Crippen molar-refractivity contribution in [1.82, 2.24) is 14.9 Å². The zero-order valence-electron chi connectivity index (χ0n) is 14.4. The van der Waals surface area contributed by atoms with E-state index in [9.17, 15) is 18.3 Å². The minimum atomic E-state index is -4.51.